The van der Waals surface area contributed by atoms with Crippen molar-refractivity contribution in [1.29, 1.82) is 0 Å². The lowest BCUT2D eigenvalue weighted by molar-refractivity contribution is -0.144. The number of rotatable bonds is 8. The van der Waals surface area contributed by atoms with E-state index in [1.807, 2.05) is 6.92 Å². The molecule has 1 heterocycles. The normalized spacial score (nSPS) is 25.5. The van der Waals surface area contributed by atoms with Gasteiger partial charge in [-0.05, 0) is 60.0 Å². The maximum Gasteiger partial charge on any atom is 0.323 e. The first-order valence-electron chi connectivity index (χ1n) is 8.07. The predicted molar refractivity (Wildman–Crippen MR) is 84.6 cm³/mol. The van der Waals surface area contributed by atoms with Crippen LogP contribution in [-0.2, 0) is 9.53 Å². The molecule has 0 amide bonds. The molecule has 0 bridgehead atoms. The molecule has 1 saturated heterocycles. The number of nitrogens with one attached hydrogen (secondary N) is 1. The van der Waals surface area contributed by atoms with E-state index in [9.17, 15) is 9.90 Å². The summed E-state index contributed by atoms with van der Waals surface area (Å²) in [6.45, 7) is 13.7. The highest BCUT2D eigenvalue weighted by molar-refractivity contribution is 5.78. The van der Waals surface area contributed by atoms with Crippen molar-refractivity contribution >= 4 is 5.97 Å². The fourth-order valence-electron chi connectivity index (χ4n) is 3.23. The van der Waals surface area contributed by atoms with Crippen molar-refractivity contribution in [2.24, 2.45) is 0 Å². The quantitative estimate of drug-likeness (QED) is 0.672. The van der Waals surface area contributed by atoms with Gasteiger partial charge in [-0.25, -0.2) is 0 Å². The highest BCUT2D eigenvalue weighted by Gasteiger charge is 2.32. The molecule has 0 aliphatic carbocycles. The van der Waals surface area contributed by atoms with Gasteiger partial charge in [-0.1, -0.05) is 6.92 Å². The molecule has 21 heavy (non-hydrogen) atoms. The van der Waals surface area contributed by atoms with E-state index in [1.165, 1.54) is 0 Å². The second-order valence-electron chi connectivity index (χ2n) is 7.05. The third-order valence-corrected chi connectivity index (χ3v) is 4.08. The second kappa shape index (κ2) is 7.56. The molecule has 0 aromatic heterocycles. The van der Waals surface area contributed by atoms with Gasteiger partial charge in [-0.15, -0.1) is 0 Å². The van der Waals surface area contributed by atoms with E-state index in [0.717, 1.165) is 32.5 Å². The van der Waals surface area contributed by atoms with Crippen molar-refractivity contribution in [3.05, 3.63) is 0 Å². The SMILES string of the molecule is CCNC(C)(CCCCN1CC(C)OC(C)(C)C1)C(=O)O. The molecule has 124 valence electrons. The highest BCUT2D eigenvalue weighted by atomic mass is 16.5. The number of morpholine rings is 1. The number of carbonyl (C=O) groups is 1. The minimum absolute atomic E-state index is 0.0863. The lowest BCUT2D eigenvalue weighted by Crippen LogP contribution is -2.52. The Kier molecular flexibility index (Phi) is 6.63. The molecule has 5 nitrogen and oxygen atoms in total. The van der Waals surface area contributed by atoms with Gasteiger partial charge in [-0.2, -0.15) is 0 Å². The van der Waals surface area contributed by atoms with E-state index >= 15 is 0 Å². The van der Waals surface area contributed by atoms with Crippen molar-refractivity contribution in [3.63, 3.8) is 0 Å². The first-order valence-corrected chi connectivity index (χ1v) is 8.07. The van der Waals surface area contributed by atoms with Crippen LogP contribution < -0.4 is 5.32 Å². The fraction of sp³-hybridized carbons (Fsp3) is 0.938. The minimum Gasteiger partial charge on any atom is -0.480 e. The van der Waals surface area contributed by atoms with Crippen LogP contribution in [0.3, 0.4) is 0 Å². The number of hydrogen-bond donors (Lipinski definition) is 2. The van der Waals surface area contributed by atoms with Crippen LogP contribution >= 0.6 is 0 Å². The molecule has 1 aliphatic heterocycles. The summed E-state index contributed by atoms with van der Waals surface area (Å²) < 4.78 is 5.90. The minimum atomic E-state index is -0.799. The number of likely N-dealkylation sites (N-methyl/N-ethyl adjacent to an activating group) is 1. The van der Waals surface area contributed by atoms with E-state index in [1.54, 1.807) is 6.92 Å². The van der Waals surface area contributed by atoms with Gasteiger partial charge >= 0.3 is 5.97 Å². The first-order chi connectivity index (χ1) is 9.68. The molecule has 2 unspecified atom stereocenters. The molecule has 2 N–H and O–H groups in total. The maximum atomic E-state index is 11.3. The Bertz CT molecular complexity index is 346. The first kappa shape index (κ1) is 18.4. The largest absolute Gasteiger partial charge is 0.480 e. The van der Waals surface area contributed by atoms with Crippen molar-refractivity contribution in [3.8, 4) is 0 Å². The zero-order valence-corrected chi connectivity index (χ0v) is 14.2. The summed E-state index contributed by atoms with van der Waals surface area (Å²) in [6.07, 6.45) is 2.87. The number of nitrogens with zero attached hydrogens (tertiary/aromatic N) is 1. The zero-order valence-electron chi connectivity index (χ0n) is 14.2. The monoisotopic (exact) mass is 300 g/mol. The lowest BCUT2D eigenvalue weighted by atomic mass is 9.94. The van der Waals surface area contributed by atoms with Gasteiger partial charge in [0.2, 0.25) is 0 Å². The van der Waals surface area contributed by atoms with Gasteiger partial charge in [0.1, 0.15) is 5.54 Å². The molecule has 0 radical (unpaired) electrons. The van der Waals surface area contributed by atoms with Gasteiger partial charge in [0.05, 0.1) is 11.7 Å². The van der Waals surface area contributed by atoms with Gasteiger partial charge in [0, 0.05) is 13.1 Å². The topological polar surface area (TPSA) is 61.8 Å². The number of unbranched alkanes of at least 4 members (excludes halogenated alkanes) is 1. The summed E-state index contributed by atoms with van der Waals surface area (Å²) in [5.74, 6) is -0.759. The third kappa shape index (κ3) is 5.93. The standard InChI is InChI=1S/C16H32N2O3/c1-6-17-16(5,14(19)20)9-7-8-10-18-11-13(2)21-15(3,4)12-18/h13,17H,6-12H2,1-5H3,(H,19,20). The molecule has 2 atom stereocenters. The van der Waals surface area contributed by atoms with E-state index in [4.69, 9.17) is 4.74 Å². The van der Waals surface area contributed by atoms with Crippen LogP contribution in [0, 0.1) is 0 Å². The Morgan fingerprint density at radius 2 is 2.14 bits per heavy atom. The van der Waals surface area contributed by atoms with E-state index < -0.39 is 11.5 Å². The van der Waals surface area contributed by atoms with Crippen LogP contribution in [0.5, 0.6) is 0 Å². The fourth-order valence-corrected chi connectivity index (χ4v) is 3.23. The van der Waals surface area contributed by atoms with Crippen LogP contribution in [0.1, 0.15) is 53.9 Å². The van der Waals surface area contributed by atoms with Gasteiger partial charge in [0.15, 0.2) is 0 Å². The highest BCUT2D eigenvalue weighted by Crippen LogP contribution is 2.21. The average Bonchev–Trinajstić information content (AvgIpc) is 2.32. The van der Waals surface area contributed by atoms with E-state index in [0.29, 0.717) is 13.0 Å². The lowest BCUT2D eigenvalue weighted by Gasteiger charge is -2.41. The predicted octanol–water partition coefficient (Wildman–Crippen LogP) is 2.11. The van der Waals surface area contributed by atoms with Crippen LogP contribution in [0.15, 0.2) is 0 Å². The van der Waals surface area contributed by atoms with E-state index in [-0.39, 0.29) is 11.7 Å². The summed E-state index contributed by atoms with van der Waals surface area (Å²) in [4.78, 5) is 13.8. The van der Waals surface area contributed by atoms with Gasteiger partial charge in [-0.3, -0.25) is 9.69 Å². The third-order valence-electron chi connectivity index (χ3n) is 4.08. The summed E-state index contributed by atoms with van der Waals surface area (Å²) in [6, 6.07) is 0. The number of aliphatic carboxylic acids is 1. The van der Waals surface area contributed by atoms with Gasteiger partial charge < -0.3 is 15.2 Å². The van der Waals surface area contributed by atoms with Crippen molar-refractivity contribution in [1.82, 2.24) is 10.2 Å². The van der Waals surface area contributed by atoms with Crippen molar-refractivity contribution in [2.75, 3.05) is 26.2 Å². The van der Waals surface area contributed by atoms with Crippen molar-refractivity contribution < 1.29 is 14.6 Å². The summed E-state index contributed by atoms with van der Waals surface area (Å²) in [5, 5.41) is 12.4. The number of carboxylic acid groups (broad SMARTS) is 1. The maximum absolute atomic E-state index is 11.3. The number of carboxylic acids is 1. The molecule has 5 heteroatoms. The van der Waals surface area contributed by atoms with Crippen LogP contribution in [0.25, 0.3) is 0 Å². The van der Waals surface area contributed by atoms with Crippen LogP contribution in [0.4, 0.5) is 0 Å². The van der Waals surface area contributed by atoms with Crippen LogP contribution in [0.2, 0.25) is 0 Å². The Morgan fingerprint density at radius 3 is 2.67 bits per heavy atom. The molecule has 0 saturated carbocycles. The molecule has 1 aliphatic rings. The molecule has 0 aromatic rings. The Morgan fingerprint density at radius 1 is 1.48 bits per heavy atom. The smallest absolute Gasteiger partial charge is 0.323 e. The summed E-state index contributed by atoms with van der Waals surface area (Å²) in [7, 11) is 0. The molecule has 0 spiro atoms. The number of ether oxygens (including phenoxy) is 1. The molecular formula is C16H32N2O3. The zero-order chi connectivity index (χ0) is 16.1. The molecule has 1 rings (SSSR count). The summed E-state index contributed by atoms with van der Waals surface area (Å²) in [5.41, 5.74) is -0.886. The Hall–Kier alpha value is -0.650. The average molecular weight is 300 g/mol. The number of hydrogen-bond acceptors (Lipinski definition) is 4. The summed E-state index contributed by atoms with van der Waals surface area (Å²) >= 11 is 0. The van der Waals surface area contributed by atoms with Crippen molar-refractivity contribution in [2.45, 2.75) is 71.1 Å². The second-order valence-corrected chi connectivity index (χ2v) is 7.05. The van der Waals surface area contributed by atoms with Gasteiger partial charge in [0.25, 0.3) is 0 Å². The molecule has 0 aromatic carbocycles. The van der Waals surface area contributed by atoms with Crippen LogP contribution in [-0.4, -0.2) is 59.4 Å². The molecule has 1 fully saturated rings. The van der Waals surface area contributed by atoms with E-state index in [2.05, 4.69) is 31.0 Å². The molecular weight excluding hydrogens is 268 g/mol. The Labute approximate surface area is 129 Å². The Balaban J connectivity index is 2.34.